The van der Waals surface area contributed by atoms with Gasteiger partial charge in [0.25, 0.3) is 0 Å². The van der Waals surface area contributed by atoms with Crippen LogP contribution in [-0.4, -0.2) is 56.1 Å². The van der Waals surface area contributed by atoms with Gasteiger partial charge in [0.05, 0.1) is 11.1 Å². The zero-order chi connectivity index (χ0) is 16.6. The number of rotatable bonds is 4. The van der Waals surface area contributed by atoms with E-state index < -0.39 is 11.9 Å². The van der Waals surface area contributed by atoms with Gasteiger partial charge in [-0.3, -0.25) is 0 Å². The van der Waals surface area contributed by atoms with E-state index in [-0.39, 0.29) is 22.7 Å². The van der Waals surface area contributed by atoms with E-state index in [2.05, 4.69) is 16.8 Å². The largest absolute Gasteiger partial charge is 0.478 e. The Bertz CT molecular complexity index is 760. The Morgan fingerprint density at radius 3 is 2.52 bits per heavy atom. The lowest BCUT2D eigenvalue weighted by molar-refractivity contribution is 0.0691. The molecule has 0 bridgehead atoms. The second-order valence-corrected chi connectivity index (χ2v) is 5.78. The molecule has 23 heavy (non-hydrogen) atoms. The molecule has 7 nitrogen and oxygen atoms in total. The number of carbonyl (C=O) groups is 2. The number of imidazole rings is 1. The average molecular weight is 317 g/mol. The minimum absolute atomic E-state index is 0.0327. The second-order valence-electron chi connectivity index (χ2n) is 5.78. The van der Waals surface area contributed by atoms with Crippen molar-refractivity contribution in [3.05, 3.63) is 35.4 Å². The first-order chi connectivity index (χ1) is 11.0. The number of fused-ring (bicyclic) bond motifs is 1. The van der Waals surface area contributed by atoms with E-state index >= 15 is 0 Å². The van der Waals surface area contributed by atoms with Crippen molar-refractivity contribution in [2.24, 2.45) is 0 Å². The van der Waals surface area contributed by atoms with E-state index in [4.69, 9.17) is 0 Å². The Labute approximate surface area is 133 Å². The third kappa shape index (κ3) is 2.68. The molecule has 2 aromatic heterocycles. The van der Waals surface area contributed by atoms with Crippen LogP contribution in [0.1, 0.15) is 52.4 Å². The Morgan fingerprint density at radius 2 is 1.96 bits per heavy atom. The van der Waals surface area contributed by atoms with E-state index in [0.717, 1.165) is 32.5 Å². The Morgan fingerprint density at radius 1 is 1.26 bits per heavy atom. The van der Waals surface area contributed by atoms with E-state index in [1.165, 1.54) is 6.07 Å². The molecule has 0 aliphatic carbocycles. The van der Waals surface area contributed by atoms with E-state index in [0.29, 0.717) is 5.82 Å². The molecule has 1 saturated heterocycles. The maximum Gasteiger partial charge on any atom is 0.356 e. The zero-order valence-corrected chi connectivity index (χ0v) is 12.9. The summed E-state index contributed by atoms with van der Waals surface area (Å²) in [5.41, 5.74) is -0.0500. The van der Waals surface area contributed by atoms with Crippen LogP contribution in [0.4, 0.5) is 0 Å². The standard InChI is InChI=1S/C16H19N3O4/c1-2-18-8-5-10(6-9-18)14-17-12(16(22)23)13-11(15(20)21)4-3-7-19(13)14/h3-4,7,10H,2,5-6,8-9H2,1H3,(H,20,21)(H,22,23). The summed E-state index contributed by atoms with van der Waals surface area (Å²) in [6.07, 6.45) is 3.48. The minimum atomic E-state index is -1.20. The van der Waals surface area contributed by atoms with Crippen molar-refractivity contribution < 1.29 is 19.8 Å². The van der Waals surface area contributed by atoms with E-state index in [1.54, 1.807) is 16.7 Å². The van der Waals surface area contributed by atoms with Gasteiger partial charge in [-0.05, 0) is 44.6 Å². The third-order valence-corrected chi connectivity index (χ3v) is 4.52. The molecule has 0 saturated carbocycles. The summed E-state index contributed by atoms with van der Waals surface area (Å²) in [7, 11) is 0. The van der Waals surface area contributed by atoms with Gasteiger partial charge in [0.1, 0.15) is 5.82 Å². The predicted octanol–water partition coefficient (Wildman–Crippen LogP) is 1.93. The normalized spacial score (nSPS) is 16.7. The number of carboxylic acid groups (broad SMARTS) is 2. The SMILES string of the molecule is CCN1CCC(c2nc(C(=O)O)c3c(C(=O)O)cccn23)CC1. The molecule has 0 aromatic carbocycles. The number of piperidine rings is 1. The fourth-order valence-corrected chi connectivity index (χ4v) is 3.28. The first-order valence-electron chi connectivity index (χ1n) is 7.72. The van der Waals surface area contributed by atoms with Crippen molar-refractivity contribution in [1.29, 1.82) is 0 Å². The minimum Gasteiger partial charge on any atom is -0.478 e. The fourth-order valence-electron chi connectivity index (χ4n) is 3.28. The molecule has 1 fully saturated rings. The lowest BCUT2D eigenvalue weighted by atomic mass is 9.96. The van der Waals surface area contributed by atoms with E-state index in [9.17, 15) is 19.8 Å². The number of likely N-dealkylation sites (tertiary alicyclic amines) is 1. The van der Waals surface area contributed by atoms with Crippen molar-refractivity contribution >= 4 is 17.5 Å². The molecule has 7 heteroatoms. The van der Waals surface area contributed by atoms with Gasteiger partial charge >= 0.3 is 11.9 Å². The highest BCUT2D eigenvalue weighted by Crippen LogP contribution is 2.30. The van der Waals surface area contributed by atoms with Gasteiger partial charge in [-0.2, -0.15) is 0 Å². The number of hydrogen-bond donors (Lipinski definition) is 2. The molecular weight excluding hydrogens is 298 g/mol. The zero-order valence-electron chi connectivity index (χ0n) is 12.9. The molecule has 0 unspecified atom stereocenters. The lowest BCUT2D eigenvalue weighted by Gasteiger charge is -2.30. The summed E-state index contributed by atoms with van der Waals surface area (Å²) >= 11 is 0. The molecule has 0 spiro atoms. The Kier molecular flexibility index (Phi) is 4.04. The number of nitrogens with zero attached hydrogens (tertiary/aromatic N) is 3. The van der Waals surface area contributed by atoms with Gasteiger partial charge in [-0.25, -0.2) is 14.6 Å². The maximum absolute atomic E-state index is 11.5. The summed E-state index contributed by atoms with van der Waals surface area (Å²) in [4.78, 5) is 29.6. The third-order valence-electron chi connectivity index (χ3n) is 4.52. The monoisotopic (exact) mass is 317 g/mol. The number of hydrogen-bond acceptors (Lipinski definition) is 4. The van der Waals surface area contributed by atoms with Crippen molar-refractivity contribution in [2.75, 3.05) is 19.6 Å². The highest BCUT2D eigenvalue weighted by molar-refractivity contribution is 6.03. The van der Waals surface area contributed by atoms with Crippen LogP contribution in [0.3, 0.4) is 0 Å². The average Bonchev–Trinajstić information content (AvgIpc) is 2.94. The van der Waals surface area contributed by atoms with Crippen LogP contribution in [-0.2, 0) is 0 Å². The first-order valence-corrected chi connectivity index (χ1v) is 7.72. The molecule has 2 N–H and O–H groups in total. The summed E-state index contributed by atoms with van der Waals surface area (Å²) < 4.78 is 1.64. The topological polar surface area (TPSA) is 95.1 Å². The second kappa shape index (κ2) is 6.00. The summed E-state index contributed by atoms with van der Waals surface area (Å²) in [6.45, 7) is 5.00. The molecular formula is C16H19N3O4. The van der Waals surface area contributed by atoms with Gasteiger partial charge < -0.3 is 19.5 Å². The van der Waals surface area contributed by atoms with Gasteiger partial charge in [-0.1, -0.05) is 6.92 Å². The van der Waals surface area contributed by atoms with Crippen LogP contribution in [0.15, 0.2) is 18.3 Å². The van der Waals surface area contributed by atoms with Crippen molar-refractivity contribution in [3.63, 3.8) is 0 Å². The molecule has 0 amide bonds. The van der Waals surface area contributed by atoms with Gasteiger partial charge in [0.15, 0.2) is 5.69 Å². The molecule has 2 aromatic rings. The molecule has 122 valence electrons. The number of pyridine rings is 1. The van der Waals surface area contributed by atoms with Gasteiger partial charge in [-0.15, -0.1) is 0 Å². The van der Waals surface area contributed by atoms with Gasteiger partial charge in [0, 0.05) is 12.1 Å². The van der Waals surface area contributed by atoms with Crippen LogP contribution in [0.5, 0.6) is 0 Å². The summed E-state index contributed by atoms with van der Waals surface area (Å²) in [5, 5.41) is 18.7. The molecule has 0 radical (unpaired) electrons. The van der Waals surface area contributed by atoms with Crippen molar-refractivity contribution in [3.8, 4) is 0 Å². The summed E-state index contributed by atoms with van der Waals surface area (Å²) in [5.74, 6) is -1.56. The lowest BCUT2D eigenvalue weighted by Crippen LogP contribution is -2.33. The maximum atomic E-state index is 11.5. The van der Waals surface area contributed by atoms with Crippen LogP contribution in [0.25, 0.3) is 5.52 Å². The van der Waals surface area contributed by atoms with Crippen LogP contribution in [0, 0.1) is 0 Å². The smallest absolute Gasteiger partial charge is 0.356 e. The Hall–Kier alpha value is -2.41. The molecule has 0 atom stereocenters. The van der Waals surface area contributed by atoms with Crippen molar-refractivity contribution in [1.82, 2.24) is 14.3 Å². The number of carboxylic acids is 2. The van der Waals surface area contributed by atoms with Crippen molar-refractivity contribution in [2.45, 2.75) is 25.7 Å². The molecule has 3 rings (SSSR count). The van der Waals surface area contributed by atoms with Gasteiger partial charge in [0.2, 0.25) is 0 Å². The number of aromatic carboxylic acids is 2. The van der Waals surface area contributed by atoms with Crippen LogP contribution < -0.4 is 0 Å². The highest BCUT2D eigenvalue weighted by atomic mass is 16.4. The predicted molar refractivity (Wildman–Crippen MR) is 83.2 cm³/mol. The highest BCUT2D eigenvalue weighted by Gasteiger charge is 2.28. The fraction of sp³-hybridized carbons (Fsp3) is 0.438. The first kappa shape index (κ1) is 15.5. The van der Waals surface area contributed by atoms with Crippen LogP contribution >= 0.6 is 0 Å². The quantitative estimate of drug-likeness (QED) is 0.894. The summed E-state index contributed by atoms with van der Waals surface area (Å²) in [6, 6.07) is 3.03. The molecule has 1 aliphatic rings. The van der Waals surface area contributed by atoms with Crippen LogP contribution in [0.2, 0.25) is 0 Å². The number of aromatic nitrogens is 2. The molecule has 3 heterocycles. The molecule has 1 aliphatic heterocycles. The van der Waals surface area contributed by atoms with E-state index in [1.807, 2.05) is 0 Å². The Balaban J connectivity index is 2.10.